The van der Waals surface area contributed by atoms with Crippen LogP contribution >= 0.6 is 0 Å². The van der Waals surface area contributed by atoms with Crippen LogP contribution < -0.4 is 5.73 Å². The van der Waals surface area contributed by atoms with E-state index in [4.69, 9.17) is 24.5 Å². The molecule has 0 aromatic rings. The third-order valence-electron chi connectivity index (χ3n) is 2.83. The molecule has 0 saturated carbocycles. The molecule has 0 unspecified atom stereocenters. The standard InChI is InChI=1S/C13H29N5O4Si/c1-4-9-20-23(21-10-5-2,22-11-6-3)12-7-8-18(13(14)19)17-16-15/h4-12H2,1-3H3,(H2,14,19). The van der Waals surface area contributed by atoms with Crippen LogP contribution in [0.3, 0.4) is 0 Å². The van der Waals surface area contributed by atoms with E-state index in [1.54, 1.807) is 0 Å². The molecule has 0 aromatic heterocycles. The first-order valence-electron chi connectivity index (χ1n) is 8.09. The van der Waals surface area contributed by atoms with Crippen molar-refractivity contribution in [3.05, 3.63) is 10.4 Å². The third-order valence-corrected chi connectivity index (χ3v) is 5.73. The van der Waals surface area contributed by atoms with E-state index in [9.17, 15) is 4.79 Å². The van der Waals surface area contributed by atoms with E-state index < -0.39 is 14.8 Å². The zero-order chi connectivity index (χ0) is 17.6. The summed E-state index contributed by atoms with van der Waals surface area (Å²) in [5, 5.41) is 4.15. The van der Waals surface area contributed by atoms with Crippen molar-refractivity contribution in [1.82, 2.24) is 5.01 Å². The maximum absolute atomic E-state index is 11.2. The van der Waals surface area contributed by atoms with E-state index in [0.717, 1.165) is 24.3 Å². The van der Waals surface area contributed by atoms with Crippen molar-refractivity contribution in [3.8, 4) is 0 Å². The second-order valence-electron chi connectivity index (χ2n) is 4.97. The average Bonchev–Trinajstić information content (AvgIpc) is 2.54. The minimum absolute atomic E-state index is 0.203. The Kier molecular flexibility index (Phi) is 12.4. The van der Waals surface area contributed by atoms with Gasteiger partial charge in [0, 0.05) is 25.9 Å². The molecule has 0 atom stereocenters. The zero-order valence-corrected chi connectivity index (χ0v) is 15.4. The van der Waals surface area contributed by atoms with E-state index in [-0.39, 0.29) is 6.54 Å². The first-order valence-corrected chi connectivity index (χ1v) is 10.0. The Hall–Kier alpha value is -1.32. The molecule has 0 aliphatic rings. The van der Waals surface area contributed by atoms with Gasteiger partial charge >= 0.3 is 14.8 Å². The highest BCUT2D eigenvalue weighted by molar-refractivity contribution is 6.60. The van der Waals surface area contributed by atoms with Gasteiger partial charge < -0.3 is 19.0 Å². The molecule has 0 heterocycles. The van der Waals surface area contributed by atoms with Gasteiger partial charge in [-0.2, -0.15) is 9.92 Å². The SMILES string of the molecule is CCCO[Si](CCCN(N=[N+]=[N-])C(N)=O)(OCCC)OCCC. The number of nitrogens with two attached hydrogens (primary N) is 1. The van der Waals surface area contributed by atoms with Crippen molar-refractivity contribution in [1.29, 1.82) is 0 Å². The lowest BCUT2D eigenvalue weighted by atomic mass is 10.5. The van der Waals surface area contributed by atoms with Crippen LogP contribution in [-0.2, 0) is 13.3 Å². The molecule has 0 radical (unpaired) electrons. The van der Waals surface area contributed by atoms with Gasteiger partial charge in [0.05, 0.1) is 6.54 Å². The highest BCUT2D eigenvalue weighted by Crippen LogP contribution is 2.20. The predicted octanol–water partition coefficient (Wildman–Crippen LogP) is 3.20. The Morgan fingerprint density at radius 1 is 1.13 bits per heavy atom. The number of amides is 2. The second-order valence-corrected chi connectivity index (χ2v) is 7.70. The van der Waals surface area contributed by atoms with Crippen LogP contribution in [-0.4, -0.2) is 46.2 Å². The molecule has 9 nitrogen and oxygen atoms in total. The number of carbonyl (C=O) groups excluding carboxylic acids is 1. The summed E-state index contributed by atoms with van der Waals surface area (Å²) < 4.78 is 17.8. The van der Waals surface area contributed by atoms with Crippen LogP contribution in [0.2, 0.25) is 6.04 Å². The maximum Gasteiger partial charge on any atom is 0.501 e. The van der Waals surface area contributed by atoms with E-state index in [2.05, 4.69) is 10.1 Å². The van der Waals surface area contributed by atoms with Gasteiger partial charge in [0.15, 0.2) is 0 Å². The summed E-state index contributed by atoms with van der Waals surface area (Å²) in [7, 11) is -2.80. The van der Waals surface area contributed by atoms with Crippen LogP contribution in [0.1, 0.15) is 46.5 Å². The average molecular weight is 347 g/mol. The summed E-state index contributed by atoms with van der Waals surface area (Å²) in [5.41, 5.74) is 13.6. The van der Waals surface area contributed by atoms with Crippen molar-refractivity contribution >= 4 is 14.8 Å². The smallest absolute Gasteiger partial charge is 0.373 e. The molecular formula is C13H29N5O4Si. The van der Waals surface area contributed by atoms with Gasteiger partial charge in [-0.1, -0.05) is 20.8 Å². The van der Waals surface area contributed by atoms with Gasteiger partial charge in [0.1, 0.15) is 0 Å². The number of hydrogen-bond acceptors (Lipinski definition) is 5. The molecule has 0 aromatic carbocycles. The van der Waals surface area contributed by atoms with Gasteiger partial charge in [0.25, 0.3) is 0 Å². The predicted molar refractivity (Wildman–Crippen MR) is 89.3 cm³/mol. The second kappa shape index (κ2) is 13.1. The molecule has 23 heavy (non-hydrogen) atoms. The van der Waals surface area contributed by atoms with Gasteiger partial charge in [-0.3, -0.25) is 0 Å². The van der Waals surface area contributed by atoms with Crippen LogP contribution in [0.15, 0.2) is 5.22 Å². The van der Waals surface area contributed by atoms with E-state index in [1.807, 2.05) is 20.8 Å². The normalized spacial score (nSPS) is 11.1. The van der Waals surface area contributed by atoms with E-state index in [0.29, 0.717) is 32.3 Å². The maximum atomic E-state index is 11.2. The summed E-state index contributed by atoms with van der Waals surface area (Å²) in [6.45, 7) is 7.97. The number of urea groups is 1. The van der Waals surface area contributed by atoms with Crippen molar-refractivity contribution in [3.63, 3.8) is 0 Å². The molecule has 0 saturated heterocycles. The summed E-state index contributed by atoms with van der Waals surface area (Å²) >= 11 is 0. The Morgan fingerprint density at radius 2 is 1.61 bits per heavy atom. The number of azide groups is 1. The molecule has 2 amide bonds. The van der Waals surface area contributed by atoms with Crippen LogP contribution in [0.4, 0.5) is 4.79 Å². The Labute approximate surface area is 139 Å². The fourth-order valence-corrected chi connectivity index (χ4v) is 4.63. The van der Waals surface area contributed by atoms with Crippen molar-refractivity contribution in [2.24, 2.45) is 11.0 Å². The minimum atomic E-state index is -2.80. The molecule has 0 fully saturated rings. The number of primary amides is 1. The van der Waals surface area contributed by atoms with Gasteiger partial charge in [-0.05, 0) is 30.9 Å². The largest absolute Gasteiger partial charge is 0.501 e. The fraction of sp³-hybridized carbons (Fsp3) is 0.923. The first kappa shape index (κ1) is 21.7. The van der Waals surface area contributed by atoms with E-state index >= 15 is 0 Å². The van der Waals surface area contributed by atoms with Crippen LogP contribution in [0.25, 0.3) is 10.4 Å². The molecule has 0 aliphatic heterocycles. The highest BCUT2D eigenvalue weighted by atomic mass is 28.4. The summed E-state index contributed by atoms with van der Waals surface area (Å²) in [5.74, 6) is 0. The number of nitrogens with zero attached hydrogens (tertiary/aromatic N) is 4. The molecule has 134 valence electrons. The molecule has 0 bridgehead atoms. The highest BCUT2D eigenvalue weighted by Gasteiger charge is 2.40. The van der Waals surface area contributed by atoms with Crippen LogP contribution in [0, 0.1) is 0 Å². The Balaban J connectivity index is 4.79. The minimum Gasteiger partial charge on any atom is -0.373 e. The van der Waals surface area contributed by atoms with Gasteiger partial charge in [0.2, 0.25) is 0 Å². The third kappa shape index (κ3) is 9.42. The topological polar surface area (TPSA) is 123 Å². The lowest BCUT2D eigenvalue weighted by molar-refractivity contribution is 0.0582. The van der Waals surface area contributed by atoms with Crippen LogP contribution in [0.5, 0.6) is 0 Å². The molecular weight excluding hydrogens is 318 g/mol. The number of rotatable bonds is 14. The Bertz CT molecular complexity index is 356. The molecule has 0 aliphatic carbocycles. The van der Waals surface area contributed by atoms with Crippen molar-refractivity contribution in [2.75, 3.05) is 26.4 Å². The van der Waals surface area contributed by atoms with Gasteiger partial charge in [-0.15, -0.1) is 5.53 Å². The molecule has 2 N–H and O–H groups in total. The molecule has 0 rings (SSSR count). The first-order chi connectivity index (χ1) is 11.0. The number of carbonyl (C=O) groups is 1. The fourth-order valence-electron chi connectivity index (χ4n) is 1.81. The quantitative estimate of drug-likeness (QED) is 0.170. The number of hydrogen-bond donors (Lipinski definition) is 1. The lowest BCUT2D eigenvalue weighted by Crippen LogP contribution is -2.47. The monoisotopic (exact) mass is 347 g/mol. The summed E-state index contributed by atoms with van der Waals surface area (Å²) in [6, 6.07) is -0.244. The zero-order valence-electron chi connectivity index (χ0n) is 14.4. The molecule has 0 spiro atoms. The Morgan fingerprint density at radius 3 is 1.96 bits per heavy atom. The van der Waals surface area contributed by atoms with Gasteiger partial charge in [-0.25, -0.2) is 4.79 Å². The lowest BCUT2D eigenvalue weighted by Gasteiger charge is -2.29. The summed E-state index contributed by atoms with van der Waals surface area (Å²) in [6.07, 6.45) is 3.12. The van der Waals surface area contributed by atoms with Crippen molar-refractivity contribution < 1.29 is 18.1 Å². The van der Waals surface area contributed by atoms with E-state index in [1.165, 1.54) is 0 Å². The molecule has 10 heteroatoms. The summed E-state index contributed by atoms with van der Waals surface area (Å²) in [4.78, 5) is 13.8. The van der Waals surface area contributed by atoms with Crippen molar-refractivity contribution in [2.45, 2.75) is 52.5 Å².